The van der Waals surface area contributed by atoms with Crippen molar-refractivity contribution in [2.75, 3.05) is 23.9 Å². The molecule has 0 radical (unpaired) electrons. The maximum absolute atomic E-state index is 13.5. The van der Waals surface area contributed by atoms with Gasteiger partial charge in [0.25, 0.3) is 0 Å². The number of hydrogen-bond acceptors (Lipinski definition) is 4. The highest BCUT2D eigenvalue weighted by molar-refractivity contribution is 7.90. The Morgan fingerprint density at radius 3 is 2.26 bits per heavy atom. The van der Waals surface area contributed by atoms with Crippen molar-refractivity contribution in [1.82, 2.24) is 9.62 Å². The summed E-state index contributed by atoms with van der Waals surface area (Å²) in [5.74, 6) is 0.219. The molecule has 5 aliphatic rings. The fourth-order valence-electron chi connectivity index (χ4n) is 7.10. The van der Waals surface area contributed by atoms with Crippen LogP contribution in [0.1, 0.15) is 39.0 Å². The van der Waals surface area contributed by atoms with E-state index in [4.69, 9.17) is 40.5 Å². The summed E-state index contributed by atoms with van der Waals surface area (Å²) in [6.07, 6.45) is 4.18. The van der Waals surface area contributed by atoms with E-state index in [1.165, 1.54) is 16.4 Å². The molecule has 192 valence electrons. The topological polar surface area (TPSA) is 113 Å². The van der Waals surface area contributed by atoms with Crippen LogP contribution in [0.5, 0.6) is 0 Å². The van der Waals surface area contributed by atoms with E-state index in [0.717, 1.165) is 23.6 Å². The van der Waals surface area contributed by atoms with Crippen LogP contribution in [0.2, 0.25) is 15.1 Å². The van der Waals surface area contributed by atoms with Gasteiger partial charge >= 0.3 is 10.2 Å². The smallest absolute Gasteiger partial charge is 0.304 e. The lowest BCUT2D eigenvalue weighted by Crippen LogP contribution is -2.63. The fourth-order valence-corrected chi connectivity index (χ4v) is 10.1. The van der Waals surface area contributed by atoms with Crippen molar-refractivity contribution in [3.8, 4) is 0 Å². The lowest BCUT2D eigenvalue weighted by atomic mass is 9.47. The summed E-state index contributed by atoms with van der Waals surface area (Å²) in [7, 11) is -4.05. The van der Waals surface area contributed by atoms with E-state index in [1.54, 1.807) is 0 Å². The number of carbonyl (C=O) groups is 2. The third-order valence-corrected chi connectivity index (χ3v) is 10.9. The van der Waals surface area contributed by atoms with Crippen LogP contribution in [0.25, 0.3) is 0 Å². The van der Waals surface area contributed by atoms with Crippen LogP contribution >= 0.6 is 34.8 Å². The summed E-state index contributed by atoms with van der Waals surface area (Å²) in [5, 5.41) is 3.67. The Hall–Kier alpha value is -1.26. The normalized spacial score (nSPS) is 35.8. The standard InChI is InChI=1S/C23H29Cl3N4O4S/c1-12-9-29(35(33,34)30(10-12)21-17(25)4-16(24)5-18(21)26)11-19(31)28-20-14-2-13-3-15(20)8-23(6-13,7-14)22(27)32/h4-5,12-15,20H,2-3,6-11H2,1H3,(H2,27,32)(H,28,31). The molecule has 0 spiro atoms. The van der Waals surface area contributed by atoms with E-state index in [0.29, 0.717) is 23.8 Å². The molecular formula is C23H29Cl3N4O4S. The van der Waals surface area contributed by atoms with Gasteiger partial charge in [0.2, 0.25) is 11.8 Å². The highest BCUT2D eigenvalue weighted by Gasteiger charge is 2.58. The summed E-state index contributed by atoms with van der Waals surface area (Å²) >= 11 is 18.6. The molecule has 3 unspecified atom stereocenters. The third kappa shape index (κ3) is 4.41. The molecule has 4 aliphatic carbocycles. The monoisotopic (exact) mass is 562 g/mol. The Morgan fingerprint density at radius 1 is 1.09 bits per heavy atom. The predicted octanol–water partition coefficient (Wildman–Crippen LogP) is 3.45. The van der Waals surface area contributed by atoms with E-state index in [2.05, 4.69) is 5.32 Å². The summed E-state index contributed by atoms with van der Waals surface area (Å²) < 4.78 is 29.4. The number of rotatable bonds is 5. The van der Waals surface area contributed by atoms with E-state index in [-0.39, 0.29) is 71.0 Å². The minimum absolute atomic E-state index is 0.0623. The third-order valence-electron chi connectivity index (χ3n) is 8.27. The van der Waals surface area contributed by atoms with Crippen LogP contribution in [-0.4, -0.2) is 50.2 Å². The molecule has 1 heterocycles. The Kier molecular flexibility index (Phi) is 6.49. The van der Waals surface area contributed by atoms with Crippen molar-refractivity contribution >= 4 is 62.5 Å². The molecule has 5 fully saturated rings. The number of hydrogen-bond donors (Lipinski definition) is 2. The largest absolute Gasteiger partial charge is 0.369 e. The quantitative estimate of drug-likeness (QED) is 0.571. The molecule has 3 atom stereocenters. The van der Waals surface area contributed by atoms with E-state index >= 15 is 0 Å². The molecule has 1 saturated heterocycles. The molecule has 0 aromatic heterocycles. The summed E-state index contributed by atoms with van der Waals surface area (Å²) in [6, 6.07) is 2.83. The van der Waals surface area contributed by atoms with Gasteiger partial charge in [-0.15, -0.1) is 0 Å². The molecule has 12 heteroatoms. The zero-order chi connectivity index (χ0) is 25.3. The molecule has 1 aliphatic heterocycles. The number of nitrogens with one attached hydrogen (secondary N) is 1. The molecule has 1 aromatic carbocycles. The molecule has 35 heavy (non-hydrogen) atoms. The van der Waals surface area contributed by atoms with Gasteiger partial charge in [0.15, 0.2) is 0 Å². The second-order valence-corrected chi connectivity index (χ2v) is 14.0. The number of nitrogens with two attached hydrogens (primary N) is 1. The van der Waals surface area contributed by atoms with Crippen molar-refractivity contribution in [2.45, 2.75) is 45.1 Å². The first-order valence-electron chi connectivity index (χ1n) is 11.9. The van der Waals surface area contributed by atoms with Crippen molar-refractivity contribution < 1.29 is 18.0 Å². The van der Waals surface area contributed by atoms with Crippen LogP contribution in [0.15, 0.2) is 12.1 Å². The minimum atomic E-state index is -4.05. The second-order valence-electron chi connectivity index (χ2n) is 10.9. The Bertz CT molecular complexity index is 1140. The zero-order valence-corrected chi connectivity index (χ0v) is 22.4. The number of amides is 2. The summed E-state index contributed by atoms with van der Waals surface area (Å²) in [5.41, 5.74) is 5.48. The first kappa shape index (κ1) is 25.4. The van der Waals surface area contributed by atoms with Gasteiger partial charge < -0.3 is 11.1 Å². The number of benzene rings is 1. The van der Waals surface area contributed by atoms with Crippen LogP contribution in [-0.2, 0) is 19.8 Å². The molecule has 1 aromatic rings. The molecule has 6 rings (SSSR count). The van der Waals surface area contributed by atoms with Crippen LogP contribution in [0.3, 0.4) is 0 Å². The molecule has 4 saturated carbocycles. The maximum Gasteiger partial charge on any atom is 0.304 e. The molecular weight excluding hydrogens is 535 g/mol. The van der Waals surface area contributed by atoms with Gasteiger partial charge in [-0.1, -0.05) is 41.7 Å². The van der Waals surface area contributed by atoms with E-state index in [1.807, 2.05) is 6.92 Å². The maximum atomic E-state index is 13.5. The second kappa shape index (κ2) is 8.94. The lowest BCUT2D eigenvalue weighted by molar-refractivity contribution is -0.147. The van der Waals surface area contributed by atoms with Gasteiger partial charge in [0.05, 0.1) is 22.3 Å². The van der Waals surface area contributed by atoms with E-state index < -0.39 is 15.6 Å². The van der Waals surface area contributed by atoms with Gasteiger partial charge in [-0.05, 0) is 67.9 Å². The number of nitrogens with zero attached hydrogens (tertiary/aromatic N) is 2. The van der Waals surface area contributed by atoms with Crippen molar-refractivity contribution in [2.24, 2.45) is 34.8 Å². The number of primary amides is 1. The first-order chi connectivity index (χ1) is 16.4. The van der Waals surface area contributed by atoms with Gasteiger partial charge in [0, 0.05) is 29.6 Å². The number of halogens is 3. The van der Waals surface area contributed by atoms with Gasteiger partial charge in [0.1, 0.15) is 0 Å². The first-order valence-corrected chi connectivity index (χ1v) is 14.4. The van der Waals surface area contributed by atoms with Crippen molar-refractivity contribution in [3.63, 3.8) is 0 Å². The molecule has 3 N–H and O–H groups in total. The van der Waals surface area contributed by atoms with Crippen molar-refractivity contribution in [1.29, 1.82) is 0 Å². The van der Waals surface area contributed by atoms with Crippen LogP contribution in [0.4, 0.5) is 5.69 Å². The van der Waals surface area contributed by atoms with Crippen LogP contribution < -0.4 is 15.4 Å². The fraction of sp³-hybridized carbons (Fsp3) is 0.652. The Balaban J connectivity index is 1.32. The average Bonchev–Trinajstić information content (AvgIpc) is 2.73. The number of carbonyl (C=O) groups excluding carboxylic acids is 2. The summed E-state index contributed by atoms with van der Waals surface area (Å²) in [6.45, 7) is 2.00. The van der Waals surface area contributed by atoms with Gasteiger partial charge in [-0.2, -0.15) is 12.7 Å². The van der Waals surface area contributed by atoms with Crippen LogP contribution in [0, 0.1) is 29.1 Å². The van der Waals surface area contributed by atoms with Gasteiger partial charge in [-0.25, -0.2) is 0 Å². The Labute approximate surface area is 220 Å². The lowest BCUT2D eigenvalue weighted by Gasteiger charge is -2.58. The predicted molar refractivity (Wildman–Crippen MR) is 136 cm³/mol. The number of anilines is 1. The zero-order valence-electron chi connectivity index (χ0n) is 19.3. The molecule has 8 nitrogen and oxygen atoms in total. The molecule has 2 amide bonds. The molecule has 4 bridgehead atoms. The SMILES string of the molecule is CC1CN(CC(=O)NC2C3CC4CC2CC(C(N)=O)(C4)C3)S(=O)(=O)N(c2c(Cl)cc(Cl)cc2Cl)C1. The van der Waals surface area contributed by atoms with Crippen molar-refractivity contribution in [3.05, 3.63) is 27.2 Å². The van der Waals surface area contributed by atoms with E-state index in [9.17, 15) is 18.0 Å². The summed E-state index contributed by atoms with van der Waals surface area (Å²) in [4.78, 5) is 25.3. The highest BCUT2D eigenvalue weighted by atomic mass is 35.5. The van der Waals surface area contributed by atoms with Gasteiger partial charge in [-0.3, -0.25) is 13.9 Å². The Morgan fingerprint density at radius 2 is 1.69 bits per heavy atom. The highest BCUT2D eigenvalue weighted by Crippen LogP contribution is 2.59. The average molecular weight is 564 g/mol. The minimum Gasteiger partial charge on any atom is -0.369 e.